The van der Waals surface area contributed by atoms with Gasteiger partial charge in [0.25, 0.3) is 0 Å². The van der Waals surface area contributed by atoms with Crippen molar-refractivity contribution in [1.29, 1.82) is 0 Å². The number of anilines is 2. The fourth-order valence-electron chi connectivity index (χ4n) is 3.00. The van der Waals surface area contributed by atoms with Gasteiger partial charge in [-0.3, -0.25) is 0 Å². The van der Waals surface area contributed by atoms with Gasteiger partial charge in [-0.1, -0.05) is 0 Å². The third-order valence-corrected chi connectivity index (χ3v) is 5.85. The molecule has 1 aliphatic heterocycles. The molecule has 3 aromatic rings. The highest BCUT2D eigenvalue weighted by Gasteiger charge is 2.24. The summed E-state index contributed by atoms with van der Waals surface area (Å²) in [5.41, 5.74) is 0.749. The van der Waals surface area contributed by atoms with E-state index in [2.05, 4.69) is 45.7 Å². The van der Waals surface area contributed by atoms with Gasteiger partial charge in [-0.05, 0) is 27.4 Å². The van der Waals surface area contributed by atoms with E-state index in [-0.39, 0.29) is 5.82 Å². The number of rotatable bonds is 4. The van der Waals surface area contributed by atoms with E-state index in [1.54, 1.807) is 24.6 Å². The maximum atomic E-state index is 11.9. The van der Waals surface area contributed by atoms with Gasteiger partial charge >= 0.3 is 5.97 Å². The lowest BCUT2D eigenvalue weighted by Crippen LogP contribution is -2.47. The number of carbonyl (C=O) groups is 1. The first kappa shape index (κ1) is 18.8. The Morgan fingerprint density at radius 3 is 2.61 bits per heavy atom. The van der Waals surface area contributed by atoms with Gasteiger partial charge in [-0.25, -0.2) is 19.7 Å². The summed E-state index contributed by atoms with van der Waals surface area (Å²) in [4.78, 5) is 33.8. The van der Waals surface area contributed by atoms with Crippen molar-refractivity contribution in [3.8, 4) is 5.88 Å². The molecule has 146 valence electrons. The number of esters is 1. The van der Waals surface area contributed by atoms with Crippen molar-refractivity contribution < 1.29 is 14.3 Å². The summed E-state index contributed by atoms with van der Waals surface area (Å²) < 4.78 is 11.7. The van der Waals surface area contributed by atoms with Crippen LogP contribution in [0.3, 0.4) is 0 Å². The normalized spacial score (nSPS) is 14.4. The van der Waals surface area contributed by atoms with Crippen LogP contribution in [-0.4, -0.2) is 66.3 Å². The SMILES string of the molecule is COC(=O)c1nc(N2CCN(c3ncc(Br)c(OC)n3)CC2)c2sccc2n1. The fraction of sp³-hybridized carbons (Fsp3) is 0.353. The van der Waals surface area contributed by atoms with E-state index in [0.717, 1.165) is 29.1 Å². The van der Waals surface area contributed by atoms with Crippen LogP contribution in [0, 0.1) is 0 Å². The minimum atomic E-state index is -0.539. The zero-order chi connectivity index (χ0) is 19.7. The second-order valence-corrected chi connectivity index (χ2v) is 7.77. The summed E-state index contributed by atoms with van der Waals surface area (Å²) >= 11 is 4.93. The van der Waals surface area contributed by atoms with Crippen LogP contribution in [0.5, 0.6) is 5.88 Å². The molecular weight excluding hydrogens is 448 g/mol. The molecule has 0 amide bonds. The Labute approximate surface area is 173 Å². The van der Waals surface area contributed by atoms with E-state index in [1.807, 2.05) is 11.4 Å². The van der Waals surface area contributed by atoms with E-state index in [4.69, 9.17) is 9.47 Å². The van der Waals surface area contributed by atoms with Crippen molar-refractivity contribution in [3.05, 3.63) is 27.9 Å². The molecule has 0 N–H and O–H groups in total. The molecule has 11 heteroatoms. The summed E-state index contributed by atoms with van der Waals surface area (Å²) in [7, 11) is 2.91. The van der Waals surface area contributed by atoms with E-state index >= 15 is 0 Å². The quantitative estimate of drug-likeness (QED) is 0.539. The molecule has 28 heavy (non-hydrogen) atoms. The largest absolute Gasteiger partial charge is 0.480 e. The topological polar surface area (TPSA) is 93.6 Å². The summed E-state index contributed by atoms with van der Waals surface area (Å²) in [5.74, 6) is 1.43. The summed E-state index contributed by atoms with van der Waals surface area (Å²) in [5, 5.41) is 1.95. The lowest BCUT2D eigenvalue weighted by Gasteiger charge is -2.35. The molecule has 0 aromatic carbocycles. The zero-order valence-electron chi connectivity index (χ0n) is 15.3. The number of aromatic nitrogens is 4. The molecule has 4 heterocycles. The highest BCUT2D eigenvalue weighted by Crippen LogP contribution is 2.30. The molecule has 1 saturated heterocycles. The van der Waals surface area contributed by atoms with Crippen LogP contribution >= 0.6 is 27.3 Å². The molecule has 1 aliphatic rings. The second kappa shape index (κ2) is 7.84. The van der Waals surface area contributed by atoms with Crippen LogP contribution in [0.1, 0.15) is 10.6 Å². The standard InChI is InChI=1S/C17H17BrN6O3S/c1-26-15-10(18)9-19-17(22-15)24-6-4-23(5-7-24)14-12-11(3-8-28-12)20-13(21-14)16(25)27-2/h3,8-9H,4-7H2,1-2H3. The fourth-order valence-corrected chi connectivity index (χ4v) is 4.20. The Morgan fingerprint density at radius 1 is 1.14 bits per heavy atom. The number of fused-ring (bicyclic) bond motifs is 1. The smallest absolute Gasteiger partial charge is 0.376 e. The van der Waals surface area contributed by atoms with Crippen LogP contribution in [-0.2, 0) is 4.74 Å². The number of methoxy groups -OCH3 is 2. The van der Waals surface area contributed by atoms with Gasteiger partial charge in [0, 0.05) is 26.2 Å². The number of halogens is 1. The highest BCUT2D eigenvalue weighted by molar-refractivity contribution is 9.10. The molecule has 9 nitrogen and oxygen atoms in total. The number of carbonyl (C=O) groups excluding carboxylic acids is 1. The van der Waals surface area contributed by atoms with Crippen LogP contribution in [0.25, 0.3) is 10.2 Å². The Bertz CT molecular complexity index is 1020. The number of hydrogen-bond donors (Lipinski definition) is 0. The van der Waals surface area contributed by atoms with Crippen molar-refractivity contribution in [2.75, 3.05) is 50.2 Å². The van der Waals surface area contributed by atoms with Gasteiger partial charge in [0.2, 0.25) is 17.7 Å². The summed E-state index contributed by atoms with van der Waals surface area (Å²) in [6, 6.07) is 1.88. The Kier molecular flexibility index (Phi) is 5.27. The number of hydrogen-bond acceptors (Lipinski definition) is 10. The van der Waals surface area contributed by atoms with Crippen molar-refractivity contribution in [3.63, 3.8) is 0 Å². The predicted molar refractivity (Wildman–Crippen MR) is 109 cm³/mol. The lowest BCUT2D eigenvalue weighted by molar-refractivity contribution is 0.0587. The van der Waals surface area contributed by atoms with E-state index in [9.17, 15) is 4.79 Å². The number of nitrogens with zero attached hydrogens (tertiary/aromatic N) is 6. The van der Waals surface area contributed by atoms with Crippen molar-refractivity contribution >= 4 is 55.2 Å². The molecule has 0 spiro atoms. The predicted octanol–water partition coefficient (Wildman–Crippen LogP) is 2.37. The minimum absolute atomic E-state index is 0.0757. The van der Waals surface area contributed by atoms with Crippen molar-refractivity contribution in [1.82, 2.24) is 19.9 Å². The molecule has 3 aromatic heterocycles. The van der Waals surface area contributed by atoms with Gasteiger partial charge in [0.15, 0.2) is 5.82 Å². The molecule has 0 saturated carbocycles. The van der Waals surface area contributed by atoms with Gasteiger partial charge in [-0.15, -0.1) is 11.3 Å². The van der Waals surface area contributed by atoms with Crippen LogP contribution in [0.4, 0.5) is 11.8 Å². The van der Waals surface area contributed by atoms with Crippen LogP contribution in [0.15, 0.2) is 22.1 Å². The maximum absolute atomic E-state index is 11.9. The molecule has 0 radical (unpaired) electrons. The molecule has 0 bridgehead atoms. The van der Waals surface area contributed by atoms with Gasteiger partial charge in [0.05, 0.1) is 35.1 Å². The zero-order valence-corrected chi connectivity index (χ0v) is 17.7. The first-order chi connectivity index (χ1) is 13.6. The minimum Gasteiger partial charge on any atom is -0.480 e. The number of piperazine rings is 1. The Hall–Kier alpha value is -2.53. The van der Waals surface area contributed by atoms with Gasteiger partial charge in [-0.2, -0.15) is 4.98 Å². The molecule has 0 aliphatic carbocycles. The maximum Gasteiger partial charge on any atom is 0.376 e. The average Bonchev–Trinajstić information content (AvgIpc) is 3.21. The third-order valence-electron chi connectivity index (χ3n) is 4.41. The van der Waals surface area contributed by atoms with E-state index < -0.39 is 5.97 Å². The van der Waals surface area contributed by atoms with Crippen molar-refractivity contribution in [2.45, 2.75) is 0 Å². The number of thiophene rings is 1. The highest BCUT2D eigenvalue weighted by atomic mass is 79.9. The molecule has 0 unspecified atom stereocenters. The van der Waals surface area contributed by atoms with Crippen LogP contribution in [0.2, 0.25) is 0 Å². The lowest BCUT2D eigenvalue weighted by atomic mass is 10.3. The van der Waals surface area contributed by atoms with E-state index in [0.29, 0.717) is 29.4 Å². The van der Waals surface area contributed by atoms with Crippen molar-refractivity contribution in [2.24, 2.45) is 0 Å². The molecular formula is C17H17BrN6O3S. The average molecular weight is 465 g/mol. The van der Waals surface area contributed by atoms with Crippen LogP contribution < -0.4 is 14.5 Å². The van der Waals surface area contributed by atoms with Gasteiger partial charge in [0.1, 0.15) is 0 Å². The first-order valence-corrected chi connectivity index (χ1v) is 10.2. The number of ether oxygens (including phenoxy) is 2. The Morgan fingerprint density at radius 2 is 1.89 bits per heavy atom. The summed E-state index contributed by atoms with van der Waals surface area (Å²) in [6.07, 6.45) is 1.69. The summed E-state index contributed by atoms with van der Waals surface area (Å²) in [6.45, 7) is 2.86. The molecule has 1 fully saturated rings. The Balaban J connectivity index is 1.57. The second-order valence-electron chi connectivity index (χ2n) is 6.00. The first-order valence-electron chi connectivity index (χ1n) is 8.50. The molecule has 0 atom stereocenters. The molecule has 4 rings (SSSR count). The van der Waals surface area contributed by atoms with E-state index in [1.165, 1.54) is 7.11 Å². The third kappa shape index (κ3) is 3.47. The monoisotopic (exact) mass is 464 g/mol. The van der Waals surface area contributed by atoms with Gasteiger partial charge < -0.3 is 19.3 Å².